The summed E-state index contributed by atoms with van der Waals surface area (Å²) in [7, 11) is 0. The Labute approximate surface area is 117 Å². The van der Waals surface area contributed by atoms with E-state index in [0.29, 0.717) is 29.2 Å². The van der Waals surface area contributed by atoms with E-state index in [1.54, 1.807) is 6.92 Å². The molecule has 1 aromatic heterocycles. The van der Waals surface area contributed by atoms with Crippen LogP contribution in [0.1, 0.15) is 42.3 Å². The normalized spacial score (nSPS) is 18.3. The van der Waals surface area contributed by atoms with Gasteiger partial charge in [0, 0.05) is 11.1 Å². The number of aryl methyl sites for hydroxylation is 1. The predicted molar refractivity (Wildman–Crippen MR) is 74.9 cm³/mol. The van der Waals surface area contributed by atoms with E-state index in [-0.39, 0.29) is 11.9 Å². The second-order valence-corrected chi connectivity index (χ2v) is 5.71. The van der Waals surface area contributed by atoms with E-state index in [1.165, 1.54) is 6.07 Å². The number of hydrogen-bond donors (Lipinski definition) is 1. The largest absolute Gasteiger partial charge is 0.371 e. The summed E-state index contributed by atoms with van der Waals surface area (Å²) in [6.07, 6.45) is 0.660. The Balaban J connectivity index is 2.38. The van der Waals surface area contributed by atoms with Gasteiger partial charge in [0.1, 0.15) is 11.9 Å². The minimum Gasteiger partial charge on any atom is -0.371 e. The molecule has 20 heavy (non-hydrogen) atoms. The molecular formula is C16H17FN2O. The van der Waals surface area contributed by atoms with Gasteiger partial charge in [-0.1, -0.05) is 13.8 Å². The van der Waals surface area contributed by atoms with Gasteiger partial charge in [-0.05, 0) is 36.5 Å². The van der Waals surface area contributed by atoms with Crippen LogP contribution >= 0.6 is 0 Å². The summed E-state index contributed by atoms with van der Waals surface area (Å²) in [6.45, 7) is 6.55. The maximum absolute atomic E-state index is 14.2. The number of ether oxygens (including phenoxy) is 1. The van der Waals surface area contributed by atoms with Crippen LogP contribution in [0.4, 0.5) is 4.39 Å². The van der Waals surface area contributed by atoms with Crippen molar-refractivity contribution in [2.45, 2.75) is 33.3 Å². The molecule has 1 aromatic carbocycles. The van der Waals surface area contributed by atoms with Crippen molar-refractivity contribution in [3.05, 3.63) is 34.3 Å². The molecule has 1 aliphatic rings. The Morgan fingerprint density at radius 3 is 2.90 bits per heavy atom. The molecule has 0 spiro atoms. The third kappa shape index (κ3) is 1.74. The van der Waals surface area contributed by atoms with Gasteiger partial charge in [0.2, 0.25) is 0 Å². The Kier molecular flexibility index (Phi) is 3.02. The van der Waals surface area contributed by atoms with Crippen LogP contribution in [-0.4, -0.2) is 11.6 Å². The van der Waals surface area contributed by atoms with Gasteiger partial charge >= 0.3 is 0 Å². The van der Waals surface area contributed by atoms with Crippen molar-refractivity contribution >= 4 is 10.9 Å². The average Bonchev–Trinajstić information content (AvgIpc) is 2.79. The first-order chi connectivity index (χ1) is 9.54. The molecule has 1 atom stereocenters. The highest BCUT2D eigenvalue weighted by Crippen LogP contribution is 2.39. The van der Waals surface area contributed by atoms with Crippen molar-refractivity contribution in [2.24, 2.45) is 5.92 Å². The molecule has 0 saturated carbocycles. The molecule has 3 rings (SSSR count). The topological polar surface area (TPSA) is 48.8 Å². The van der Waals surface area contributed by atoms with Gasteiger partial charge in [-0.15, -0.1) is 0 Å². The predicted octanol–water partition coefficient (Wildman–Crippen LogP) is 3.76. The van der Waals surface area contributed by atoms with Crippen LogP contribution in [0.2, 0.25) is 0 Å². The summed E-state index contributed by atoms with van der Waals surface area (Å²) < 4.78 is 20.0. The highest BCUT2D eigenvalue weighted by molar-refractivity contribution is 5.92. The third-order valence-electron chi connectivity index (χ3n) is 4.01. The standard InChI is InChI=1S/C16H17FN2O/c1-8(2)16-14-10(4-5-20-16)13-11(7-18)9(3)6-12(17)15(13)19-14/h6,8,16,19H,4-5H2,1-3H3. The van der Waals surface area contributed by atoms with E-state index in [0.717, 1.165) is 23.1 Å². The first kappa shape index (κ1) is 13.1. The van der Waals surface area contributed by atoms with Crippen molar-refractivity contribution in [3.8, 4) is 6.07 Å². The molecule has 0 amide bonds. The maximum Gasteiger partial charge on any atom is 0.147 e. The average molecular weight is 272 g/mol. The monoisotopic (exact) mass is 272 g/mol. The lowest BCUT2D eigenvalue weighted by atomic mass is 9.93. The number of nitrogens with one attached hydrogen (secondary N) is 1. The SMILES string of the molecule is Cc1cc(F)c2[nH]c3c(c2c1C#N)CCOC3C(C)C. The molecule has 2 aromatic rings. The van der Waals surface area contributed by atoms with Crippen molar-refractivity contribution < 1.29 is 9.13 Å². The van der Waals surface area contributed by atoms with E-state index >= 15 is 0 Å². The molecule has 1 aliphatic heterocycles. The smallest absolute Gasteiger partial charge is 0.147 e. The number of nitriles is 1. The van der Waals surface area contributed by atoms with E-state index in [1.807, 2.05) is 0 Å². The van der Waals surface area contributed by atoms with Gasteiger partial charge in [0.05, 0.1) is 23.8 Å². The van der Waals surface area contributed by atoms with Crippen molar-refractivity contribution in [2.75, 3.05) is 6.61 Å². The summed E-state index contributed by atoms with van der Waals surface area (Å²) in [5.74, 6) is 0.00483. The number of nitrogens with zero attached hydrogens (tertiary/aromatic N) is 1. The van der Waals surface area contributed by atoms with Gasteiger partial charge in [-0.25, -0.2) is 4.39 Å². The zero-order chi connectivity index (χ0) is 14.4. The van der Waals surface area contributed by atoms with Gasteiger partial charge in [-0.2, -0.15) is 5.26 Å². The van der Waals surface area contributed by atoms with Crippen LogP contribution < -0.4 is 0 Å². The molecule has 1 unspecified atom stereocenters. The maximum atomic E-state index is 14.2. The number of fused-ring (bicyclic) bond motifs is 3. The first-order valence-corrected chi connectivity index (χ1v) is 6.89. The lowest BCUT2D eigenvalue weighted by Gasteiger charge is -2.26. The van der Waals surface area contributed by atoms with Crippen LogP contribution in [0.5, 0.6) is 0 Å². The Hall–Kier alpha value is -1.86. The third-order valence-corrected chi connectivity index (χ3v) is 4.01. The summed E-state index contributed by atoms with van der Waals surface area (Å²) in [6, 6.07) is 3.64. The second kappa shape index (κ2) is 4.60. The fourth-order valence-corrected chi connectivity index (χ4v) is 3.09. The van der Waals surface area contributed by atoms with Gasteiger partial charge in [0.25, 0.3) is 0 Å². The summed E-state index contributed by atoms with van der Waals surface area (Å²) in [5.41, 5.74) is 3.68. The van der Waals surface area contributed by atoms with E-state index in [4.69, 9.17) is 4.74 Å². The van der Waals surface area contributed by atoms with Gasteiger partial charge in [-0.3, -0.25) is 0 Å². The number of rotatable bonds is 1. The molecule has 1 N–H and O–H groups in total. The molecule has 0 bridgehead atoms. The zero-order valence-corrected chi connectivity index (χ0v) is 11.9. The Bertz CT molecular complexity index is 724. The summed E-state index contributed by atoms with van der Waals surface area (Å²) >= 11 is 0. The lowest BCUT2D eigenvalue weighted by Crippen LogP contribution is -2.20. The number of aromatic amines is 1. The van der Waals surface area contributed by atoms with Crippen molar-refractivity contribution in [1.29, 1.82) is 5.26 Å². The number of benzene rings is 1. The summed E-state index contributed by atoms with van der Waals surface area (Å²) in [5, 5.41) is 10.1. The van der Waals surface area contributed by atoms with Crippen LogP contribution in [0.3, 0.4) is 0 Å². The molecule has 0 fully saturated rings. The van der Waals surface area contributed by atoms with Gasteiger partial charge < -0.3 is 9.72 Å². The second-order valence-electron chi connectivity index (χ2n) is 5.71. The van der Waals surface area contributed by atoms with E-state index in [9.17, 15) is 9.65 Å². The highest BCUT2D eigenvalue weighted by atomic mass is 19.1. The summed E-state index contributed by atoms with van der Waals surface area (Å²) in [4.78, 5) is 3.17. The Morgan fingerprint density at radius 2 is 2.25 bits per heavy atom. The number of halogens is 1. The molecule has 0 saturated heterocycles. The molecule has 104 valence electrons. The van der Waals surface area contributed by atoms with Crippen LogP contribution in [0, 0.1) is 30.0 Å². The van der Waals surface area contributed by atoms with Gasteiger partial charge in [0.15, 0.2) is 0 Å². The highest BCUT2D eigenvalue weighted by Gasteiger charge is 2.29. The first-order valence-electron chi connectivity index (χ1n) is 6.89. The fourth-order valence-electron chi connectivity index (χ4n) is 3.09. The molecule has 0 aliphatic carbocycles. The molecule has 4 heteroatoms. The number of H-pyrrole nitrogens is 1. The van der Waals surface area contributed by atoms with E-state index in [2.05, 4.69) is 24.9 Å². The molecule has 2 heterocycles. The lowest BCUT2D eigenvalue weighted by molar-refractivity contribution is 0.00916. The number of aromatic nitrogens is 1. The van der Waals surface area contributed by atoms with Crippen molar-refractivity contribution in [3.63, 3.8) is 0 Å². The minimum atomic E-state index is -0.298. The van der Waals surface area contributed by atoms with Crippen LogP contribution in [0.25, 0.3) is 10.9 Å². The molecule has 0 radical (unpaired) electrons. The zero-order valence-electron chi connectivity index (χ0n) is 11.9. The van der Waals surface area contributed by atoms with Crippen LogP contribution in [-0.2, 0) is 11.2 Å². The van der Waals surface area contributed by atoms with Crippen LogP contribution in [0.15, 0.2) is 6.07 Å². The molecule has 3 nitrogen and oxygen atoms in total. The molecular weight excluding hydrogens is 255 g/mol. The fraction of sp³-hybridized carbons (Fsp3) is 0.438. The minimum absolute atomic E-state index is 0.0580. The quantitative estimate of drug-likeness (QED) is 0.859. The number of hydrogen-bond acceptors (Lipinski definition) is 2. The Morgan fingerprint density at radius 1 is 1.50 bits per heavy atom. The van der Waals surface area contributed by atoms with Crippen molar-refractivity contribution in [1.82, 2.24) is 4.98 Å². The van der Waals surface area contributed by atoms with E-state index < -0.39 is 0 Å².